The third-order valence-corrected chi connectivity index (χ3v) is 5.14. The van der Waals surface area contributed by atoms with Gasteiger partial charge in [0, 0.05) is 51.1 Å². The number of amides is 1. The van der Waals surface area contributed by atoms with Gasteiger partial charge in [-0.05, 0) is 5.56 Å². The molecule has 0 saturated carbocycles. The predicted octanol–water partition coefficient (Wildman–Crippen LogP) is 3.62. The Morgan fingerprint density at radius 3 is 2.32 bits per heavy atom. The number of carbonyl (C=O) groups is 1. The Labute approximate surface area is 165 Å². The molecule has 0 N–H and O–H groups in total. The summed E-state index contributed by atoms with van der Waals surface area (Å²) in [5, 5.41) is 0. The minimum Gasteiger partial charge on any atom is -0.441 e. The lowest BCUT2D eigenvalue weighted by Crippen LogP contribution is -2.48. The van der Waals surface area contributed by atoms with Crippen molar-refractivity contribution in [3.8, 4) is 11.3 Å². The number of piperazine rings is 1. The molecular weight excluding hydrogens is 350 g/mol. The molecule has 0 unspecified atom stereocenters. The van der Waals surface area contributed by atoms with Crippen molar-refractivity contribution < 1.29 is 9.21 Å². The van der Waals surface area contributed by atoms with Gasteiger partial charge in [-0.25, -0.2) is 4.98 Å². The molecule has 3 aromatic rings. The normalized spacial score (nSPS) is 14.9. The lowest BCUT2D eigenvalue weighted by atomic mass is 10.2. The maximum absolute atomic E-state index is 12.6. The van der Waals surface area contributed by atoms with E-state index >= 15 is 0 Å². The third kappa shape index (κ3) is 4.67. The number of benzene rings is 2. The van der Waals surface area contributed by atoms with Crippen LogP contribution in [0.15, 0.2) is 71.3 Å². The SMILES string of the molecule is O=C(CCc1ncc(-c2ccccc2)o1)N1CCN(Cc2ccccc2)CC1. The average molecular weight is 375 g/mol. The van der Waals surface area contributed by atoms with Crippen molar-refractivity contribution in [1.29, 1.82) is 0 Å². The van der Waals surface area contributed by atoms with Gasteiger partial charge in [-0.1, -0.05) is 60.7 Å². The van der Waals surface area contributed by atoms with Crippen molar-refractivity contribution in [2.24, 2.45) is 0 Å². The predicted molar refractivity (Wildman–Crippen MR) is 109 cm³/mol. The molecule has 0 bridgehead atoms. The van der Waals surface area contributed by atoms with E-state index < -0.39 is 0 Å². The molecule has 2 heterocycles. The van der Waals surface area contributed by atoms with Crippen LogP contribution in [0.2, 0.25) is 0 Å². The number of hydrogen-bond donors (Lipinski definition) is 0. The Morgan fingerprint density at radius 1 is 0.929 bits per heavy atom. The highest BCUT2D eigenvalue weighted by molar-refractivity contribution is 5.76. The second-order valence-corrected chi connectivity index (χ2v) is 7.13. The van der Waals surface area contributed by atoms with E-state index in [-0.39, 0.29) is 5.91 Å². The fourth-order valence-electron chi connectivity index (χ4n) is 3.53. The molecule has 28 heavy (non-hydrogen) atoms. The minimum atomic E-state index is 0.179. The number of aromatic nitrogens is 1. The van der Waals surface area contributed by atoms with E-state index in [0.717, 1.165) is 44.0 Å². The summed E-state index contributed by atoms with van der Waals surface area (Å²) in [4.78, 5) is 21.2. The van der Waals surface area contributed by atoms with Crippen LogP contribution in [-0.2, 0) is 17.8 Å². The summed E-state index contributed by atoms with van der Waals surface area (Å²) >= 11 is 0. The van der Waals surface area contributed by atoms with E-state index in [2.05, 4.69) is 34.1 Å². The summed E-state index contributed by atoms with van der Waals surface area (Å²) in [5.41, 5.74) is 2.32. The first kappa shape index (κ1) is 18.4. The molecule has 1 fully saturated rings. The fraction of sp³-hybridized carbons (Fsp3) is 0.304. The number of carbonyl (C=O) groups excluding carboxylic acids is 1. The Kier molecular flexibility index (Phi) is 5.83. The molecule has 0 spiro atoms. The van der Waals surface area contributed by atoms with E-state index in [9.17, 15) is 4.79 Å². The van der Waals surface area contributed by atoms with Crippen molar-refractivity contribution >= 4 is 5.91 Å². The number of rotatable bonds is 6. The van der Waals surface area contributed by atoms with Gasteiger partial charge in [0.05, 0.1) is 6.20 Å². The quantitative estimate of drug-likeness (QED) is 0.660. The first-order valence-corrected chi connectivity index (χ1v) is 9.82. The van der Waals surface area contributed by atoms with Gasteiger partial charge in [-0.15, -0.1) is 0 Å². The summed E-state index contributed by atoms with van der Waals surface area (Å²) in [6.07, 6.45) is 2.71. The van der Waals surface area contributed by atoms with Crippen LogP contribution in [0.25, 0.3) is 11.3 Å². The summed E-state index contributed by atoms with van der Waals surface area (Å²) in [5.74, 6) is 1.55. The molecule has 1 aliphatic rings. The smallest absolute Gasteiger partial charge is 0.223 e. The molecule has 144 valence electrons. The first-order chi connectivity index (χ1) is 13.8. The molecule has 0 aliphatic carbocycles. The molecule has 1 aliphatic heterocycles. The summed E-state index contributed by atoms with van der Waals surface area (Å²) < 4.78 is 5.80. The molecule has 1 aromatic heterocycles. The number of oxazole rings is 1. The zero-order chi connectivity index (χ0) is 19.2. The lowest BCUT2D eigenvalue weighted by Gasteiger charge is -2.34. The zero-order valence-corrected chi connectivity index (χ0v) is 16.0. The minimum absolute atomic E-state index is 0.179. The van der Waals surface area contributed by atoms with Gasteiger partial charge >= 0.3 is 0 Å². The number of nitrogens with zero attached hydrogens (tertiary/aromatic N) is 3. The zero-order valence-electron chi connectivity index (χ0n) is 16.0. The lowest BCUT2D eigenvalue weighted by molar-refractivity contribution is -0.133. The topological polar surface area (TPSA) is 49.6 Å². The van der Waals surface area contributed by atoms with Crippen LogP contribution >= 0.6 is 0 Å². The Balaban J connectivity index is 1.23. The van der Waals surface area contributed by atoms with Crippen molar-refractivity contribution in [3.05, 3.63) is 78.3 Å². The molecule has 0 atom stereocenters. The standard InChI is InChI=1S/C23H25N3O2/c27-23(12-11-22-24-17-21(28-22)20-9-5-2-6-10-20)26-15-13-25(14-16-26)18-19-7-3-1-4-8-19/h1-10,17H,11-16,18H2. The van der Waals surface area contributed by atoms with Crippen LogP contribution in [-0.4, -0.2) is 46.9 Å². The second-order valence-electron chi connectivity index (χ2n) is 7.13. The first-order valence-electron chi connectivity index (χ1n) is 9.82. The van der Waals surface area contributed by atoms with Crippen molar-refractivity contribution in [3.63, 3.8) is 0 Å². The average Bonchev–Trinajstić information content (AvgIpc) is 3.23. The molecule has 5 nitrogen and oxygen atoms in total. The molecule has 1 amide bonds. The Hall–Kier alpha value is -2.92. The van der Waals surface area contributed by atoms with Gasteiger partial charge in [-0.2, -0.15) is 0 Å². The number of hydrogen-bond acceptors (Lipinski definition) is 4. The molecule has 2 aromatic carbocycles. The maximum atomic E-state index is 12.6. The van der Waals surface area contributed by atoms with Crippen LogP contribution in [0.4, 0.5) is 0 Å². The molecule has 1 saturated heterocycles. The van der Waals surface area contributed by atoms with Crippen LogP contribution in [0, 0.1) is 0 Å². The maximum Gasteiger partial charge on any atom is 0.223 e. The number of aryl methyl sites for hydroxylation is 1. The van der Waals surface area contributed by atoms with Gasteiger partial charge < -0.3 is 9.32 Å². The van der Waals surface area contributed by atoms with E-state index in [0.29, 0.717) is 18.7 Å². The summed E-state index contributed by atoms with van der Waals surface area (Å²) in [6.45, 7) is 4.34. The largest absolute Gasteiger partial charge is 0.441 e. The molecule has 4 rings (SSSR count). The highest BCUT2D eigenvalue weighted by Crippen LogP contribution is 2.20. The van der Waals surface area contributed by atoms with Crippen LogP contribution in [0.3, 0.4) is 0 Å². The molecule has 0 radical (unpaired) electrons. The monoisotopic (exact) mass is 375 g/mol. The van der Waals surface area contributed by atoms with Gasteiger partial charge in [0.15, 0.2) is 11.7 Å². The van der Waals surface area contributed by atoms with Crippen LogP contribution in [0.5, 0.6) is 0 Å². The van der Waals surface area contributed by atoms with Gasteiger partial charge in [0.2, 0.25) is 5.91 Å². The molecule has 5 heteroatoms. The highest BCUT2D eigenvalue weighted by Gasteiger charge is 2.21. The van der Waals surface area contributed by atoms with Crippen LogP contribution in [0.1, 0.15) is 17.9 Å². The van der Waals surface area contributed by atoms with E-state index in [1.165, 1.54) is 5.56 Å². The van der Waals surface area contributed by atoms with Crippen LogP contribution < -0.4 is 0 Å². The second kappa shape index (κ2) is 8.85. The third-order valence-electron chi connectivity index (χ3n) is 5.14. The van der Waals surface area contributed by atoms with E-state index in [1.807, 2.05) is 41.3 Å². The molecular formula is C23H25N3O2. The van der Waals surface area contributed by atoms with Crippen molar-refractivity contribution in [2.75, 3.05) is 26.2 Å². The van der Waals surface area contributed by atoms with Gasteiger partial charge in [0.25, 0.3) is 0 Å². The summed E-state index contributed by atoms with van der Waals surface area (Å²) in [7, 11) is 0. The van der Waals surface area contributed by atoms with Crippen molar-refractivity contribution in [2.45, 2.75) is 19.4 Å². The fourth-order valence-corrected chi connectivity index (χ4v) is 3.53. The Bertz CT molecular complexity index is 884. The highest BCUT2D eigenvalue weighted by atomic mass is 16.4. The summed E-state index contributed by atoms with van der Waals surface area (Å²) in [6, 6.07) is 20.4. The van der Waals surface area contributed by atoms with Gasteiger partial charge in [-0.3, -0.25) is 9.69 Å². The van der Waals surface area contributed by atoms with E-state index in [1.54, 1.807) is 6.20 Å². The van der Waals surface area contributed by atoms with Crippen molar-refractivity contribution in [1.82, 2.24) is 14.8 Å². The Morgan fingerprint density at radius 2 is 1.61 bits per heavy atom. The van der Waals surface area contributed by atoms with Gasteiger partial charge in [0.1, 0.15) is 0 Å². The van der Waals surface area contributed by atoms with E-state index in [4.69, 9.17) is 4.42 Å².